The normalized spacial score (nSPS) is 15.2. The third kappa shape index (κ3) is 5.86. The summed E-state index contributed by atoms with van der Waals surface area (Å²) >= 11 is 0. The zero-order valence-corrected chi connectivity index (χ0v) is 20.7. The molecule has 0 N–H and O–H groups in total. The van der Waals surface area contributed by atoms with E-state index in [1.54, 1.807) is 14.2 Å². The summed E-state index contributed by atoms with van der Waals surface area (Å²) in [5.74, 6) is 0. The summed E-state index contributed by atoms with van der Waals surface area (Å²) < 4.78 is 29.4. The minimum atomic E-state index is -0.910. The van der Waals surface area contributed by atoms with Crippen LogP contribution in [0.25, 0.3) is 0 Å². The molecule has 0 radical (unpaired) electrons. The first-order valence-electron chi connectivity index (χ1n) is 11.5. The molecule has 0 amide bonds. The quantitative estimate of drug-likeness (QED) is 0.255. The maximum Gasteiger partial charge on any atom is 0.151 e. The Kier molecular flexibility index (Phi) is 10.1. The van der Waals surface area contributed by atoms with Gasteiger partial charge < -0.3 is 28.5 Å². The lowest BCUT2D eigenvalue weighted by Gasteiger charge is -2.39. The molecule has 0 saturated carbocycles. The summed E-state index contributed by atoms with van der Waals surface area (Å²) in [6.45, 7) is 0.156. The average Bonchev–Trinajstić information content (AvgIpc) is 2.93. The van der Waals surface area contributed by atoms with Crippen molar-refractivity contribution in [1.82, 2.24) is 0 Å². The van der Waals surface area contributed by atoms with Crippen LogP contribution < -0.4 is 0 Å². The van der Waals surface area contributed by atoms with Gasteiger partial charge in [0.1, 0.15) is 30.0 Å². The molecule has 3 aromatic carbocycles. The van der Waals surface area contributed by atoms with Gasteiger partial charge in [-0.3, -0.25) is 0 Å². The van der Waals surface area contributed by atoms with Crippen molar-refractivity contribution in [2.45, 2.75) is 30.0 Å². The minimum Gasteiger partial charge on any atom is -0.376 e. The molecular weight excluding hydrogens is 444 g/mol. The fourth-order valence-electron chi connectivity index (χ4n) is 4.49. The first-order valence-corrected chi connectivity index (χ1v) is 11.5. The van der Waals surface area contributed by atoms with Crippen molar-refractivity contribution in [2.75, 3.05) is 35.0 Å². The Morgan fingerprint density at radius 1 is 0.629 bits per heavy atom. The molecule has 6 heteroatoms. The molecule has 0 aliphatic heterocycles. The van der Waals surface area contributed by atoms with Crippen molar-refractivity contribution in [3.8, 4) is 0 Å². The number of carbonyl (C=O) groups excluding carboxylic acids is 1. The fraction of sp³-hybridized carbons (Fsp3) is 0.345. The Balaban J connectivity index is 2.07. The second-order valence-electron chi connectivity index (χ2n) is 8.10. The summed E-state index contributed by atoms with van der Waals surface area (Å²) in [7, 11) is 6.12. The summed E-state index contributed by atoms with van der Waals surface area (Å²) in [5.41, 5.74) is 2.03. The van der Waals surface area contributed by atoms with Gasteiger partial charge in [0, 0.05) is 28.4 Å². The number of carbonyl (C=O) groups is 1. The molecule has 0 heterocycles. The van der Waals surface area contributed by atoms with Crippen LogP contribution >= 0.6 is 0 Å². The van der Waals surface area contributed by atoms with Gasteiger partial charge in [0.2, 0.25) is 0 Å². The standard InChI is InChI=1S/C29H34O6/c1-31-25(20-30)27(33-3)28(34-4)26(32-2)21-35-29(22-14-8-5-9-15-22,23-16-10-6-11-17-23)24-18-12-7-13-19-24/h5-20,25-28H,21H2,1-4H3/t25-,26+,27+,28+/m0/s1. The van der Waals surface area contributed by atoms with Gasteiger partial charge in [-0.15, -0.1) is 0 Å². The van der Waals surface area contributed by atoms with Crippen LogP contribution in [0.5, 0.6) is 0 Å². The van der Waals surface area contributed by atoms with Crippen molar-refractivity contribution < 1.29 is 28.5 Å². The van der Waals surface area contributed by atoms with Gasteiger partial charge in [-0.2, -0.15) is 0 Å². The van der Waals surface area contributed by atoms with Crippen molar-refractivity contribution in [3.63, 3.8) is 0 Å². The van der Waals surface area contributed by atoms with E-state index in [-0.39, 0.29) is 6.61 Å². The molecule has 3 rings (SSSR count). The van der Waals surface area contributed by atoms with Crippen LogP contribution in [-0.2, 0) is 34.1 Å². The van der Waals surface area contributed by atoms with Crippen molar-refractivity contribution in [1.29, 1.82) is 0 Å². The van der Waals surface area contributed by atoms with Gasteiger partial charge in [-0.1, -0.05) is 91.0 Å². The van der Waals surface area contributed by atoms with Crippen molar-refractivity contribution >= 4 is 6.29 Å². The Hall–Kier alpha value is -2.87. The van der Waals surface area contributed by atoms with E-state index in [0.29, 0.717) is 6.29 Å². The number of aldehydes is 1. The van der Waals surface area contributed by atoms with Gasteiger partial charge in [0.05, 0.1) is 6.61 Å². The maximum atomic E-state index is 11.6. The van der Waals surface area contributed by atoms with Crippen LogP contribution in [0.2, 0.25) is 0 Å². The number of rotatable bonds is 14. The van der Waals surface area contributed by atoms with Crippen LogP contribution in [0.3, 0.4) is 0 Å². The van der Waals surface area contributed by atoms with E-state index in [4.69, 9.17) is 23.7 Å². The van der Waals surface area contributed by atoms with Gasteiger partial charge in [0.15, 0.2) is 6.29 Å². The molecule has 0 spiro atoms. The highest BCUT2D eigenvalue weighted by Gasteiger charge is 2.41. The number of hydrogen-bond acceptors (Lipinski definition) is 6. The molecule has 3 aromatic rings. The summed E-state index contributed by atoms with van der Waals surface area (Å²) in [6.07, 6.45) is -1.98. The number of benzene rings is 3. The highest BCUT2D eigenvalue weighted by atomic mass is 16.6. The Bertz CT molecular complexity index is 899. The lowest BCUT2D eigenvalue weighted by atomic mass is 9.80. The van der Waals surface area contributed by atoms with Crippen LogP contribution in [0.15, 0.2) is 91.0 Å². The Morgan fingerprint density at radius 2 is 1.06 bits per heavy atom. The van der Waals surface area contributed by atoms with E-state index >= 15 is 0 Å². The van der Waals surface area contributed by atoms with E-state index in [0.717, 1.165) is 16.7 Å². The summed E-state index contributed by atoms with van der Waals surface area (Å²) in [5, 5.41) is 0. The molecule has 4 atom stereocenters. The SMILES string of the molecule is CO[C@@H]([C@H](OC)[C@@H](COC(c1ccccc1)(c1ccccc1)c1ccccc1)OC)[C@H](C=O)OC. The van der Waals surface area contributed by atoms with Gasteiger partial charge in [-0.25, -0.2) is 0 Å². The molecule has 0 bridgehead atoms. The molecule has 186 valence electrons. The molecule has 0 fully saturated rings. The van der Waals surface area contributed by atoms with Gasteiger partial charge >= 0.3 is 0 Å². The lowest BCUT2D eigenvalue weighted by molar-refractivity contribution is -0.169. The second-order valence-corrected chi connectivity index (χ2v) is 8.10. The van der Waals surface area contributed by atoms with E-state index in [2.05, 4.69) is 36.4 Å². The molecule has 35 heavy (non-hydrogen) atoms. The van der Waals surface area contributed by atoms with E-state index in [1.807, 2.05) is 54.6 Å². The Morgan fingerprint density at radius 3 is 1.37 bits per heavy atom. The molecule has 0 aliphatic carbocycles. The molecule has 0 aliphatic rings. The smallest absolute Gasteiger partial charge is 0.151 e. The highest BCUT2D eigenvalue weighted by molar-refractivity contribution is 5.57. The molecular formula is C29H34O6. The monoisotopic (exact) mass is 478 g/mol. The predicted molar refractivity (Wildman–Crippen MR) is 134 cm³/mol. The van der Waals surface area contributed by atoms with Crippen molar-refractivity contribution in [3.05, 3.63) is 108 Å². The average molecular weight is 479 g/mol. The van der Waals surface area contributed by atoms with E-state index in [1.165, 1.54) is 14.2 Å². The zero-order chi connectivity index (χ0) is 25.1. The fourth-order valence-corrected chi connectivity index (χ4v) is 4.49. The molecule has 0 aromatic heterocycles. The number of hydrogen-bond donors (Lipinski definition) is 0. The third-order valence-electron chi connectivity index (χ3n) is 6.27. The largest absolute Gasteiger partial charge is 0.376 e. The minimum absolute atomic E-state index is 0.156. The van der Waals surface area contributed by atoms with E-state index in [9.17, 15) is 4.79 Å². The van der Waals surface area contributed by atoms with Crippen LogP contribution in [-0.4, -0.2) is 65.7 Å². The van der Waals surface area contributed by atoms with Crippen LogP contribution in [0.4, 0.5) is 0 Å². The van der Waals surface area contributed by atoms with Crippen LogP contribution in [0, 0.1) is 0 Å². The summed E-state index contributed by atoms with van der Waals surface area (Å²) in [4.78, 5) is 11.6. The number of ether oxygens (including phenoxy) is 5. The van der Waals surface area contributed by atoms with Gasteiger partial charge in [-0.05, 0) is 16.7 Å². The predicted octanol–water partition coefficient (Wildman–Crippen LogP) is 4.25. The number of methoxy groups -OCH3 is 4. The summed E-state index contributed by atoms with van der Waals surface area (Å²) in [6, 6.07) is 30.3. The molecule has 0 saturated heterocycles. The van der Waals surface area contributed by atoms with Crippen molar-refractivity contribution in [2.24, 2.45) is 0 Å². The molecule has 0 unspecified atom stereocenters. The topological polar surface area (TPSA) is 63.2 Å². The maximum absolute atomic E-state index is 11.6. The van der Waals surface area contributed by atoms with E-state index < -0.39 is 30.0 Å². The first-order chi connectivity index (χ1) is 17.2. The third-order valence-corrected chi connectivity index (χ3v) is 6.27. The Labute approximate surface area is 207 Å². The second kappa shape index (κ2) is 13.3. The molecule has 6 nitrogen and oxygen atoms in total. The first kappa shape index (κ1) is 26.7. The lowest BCUT2D eigenvalue weighted by Crippen LogP contribution is -2.51. The zero-order valence-electron chi connectivity index (χ0n) is 20.7. The van der Waals surface area contributed by atoms with Crippen LogP contribution in [0.1, 0.15) is 16.7 Å². The highest BCUT2D eigenvalue weighted by Crippen LogP contribution is 2.40. The van der Waals surface area contributed by atoms with Gasteiger partial charge in [0.25, 0.3) is 0 Å².